The van der Waals surface area contributed by atoms with Crippen molar-refractivity contribution in [1.82, 2.24) is 20.1 Å². The number of hydrogen-bond donors (Lipinski definition) is 1. The summed E-state index contributed by atoms with van der Waals surface area (Å²) < 4.78 is 21.8. The van der Waals surface area contributed by atoms with Crippen molar-refractivity contribution in [3.63, 3.8) is 0 Å². The molecule has 0 spiro atoms. The quantitative estimate of drug-likeness (QED) is 0.560. The Kier molecular flexibility index (Phi) is 6.65. The molecule has 1 aromatic heterocycles. The van der Waals surface area contributed by atoms with Crippen LogP contribution in [0.1, 0.15) is 55.0 Å². The van der Waals surface area contributed by atoms with Gasteiger partial charge in [0.2, 0.25) is 0 Å². The van der Waals surface area contributed by atoms with Gasteiger partial charge >= 0.3 is 0 Å². The fraction of sp³-hybridized carbons (Fsp3) is 0.391. The van der Waals surface area contributed by atoms with Gasteiger partial charge in [-0.1, -0.05) is 36.2 Å². The highest BCUT2D eigenvalue weighted by molar-refractivity contribution is 6.31. The van der Waals surface area contributed by atoms with Crippen LogP contribution in [0.25, 0.3) is 0 Å². The maximum atomic E-state index is 13.9. The second-order valence-electron chi connectivity index (χ2n) is 7.67. The van der Waals surface area contributed by atoms with Gasteiger partial charge in [-0.25, -0.2) is 4.39 Å². The second-order valence-corrected chi connectivity index (χ2v) is 8.08. The van der Waals surface area contributed by atoms with E-state index in [0.717, 1.165) is 30.2 Å². The van der Waals surface area contributed by atoms with Gasteiger partial charge in [-0.2, -0.15) is 0 Å². The van der Waals surface area contributed by atoms with Crippen LogP contribution in [0.3, 0.4) is 0 Å². The molecule has 1 atom stereocenters. The molecule has 158 valence electrons. The zero-order valence-corrected chi connectivity index (χ0v) is 17.8. The summed E-state index contributed by atoms with van der Waals surface area (Å²) in [6, 6.07) is 12.5. The summed E-state index contributed by atoms with van der Waals surface area (Å²) in [7, 11) is 0. The lowest BCUT2D eigenvalue weighted by molar-refractivity contribution is 0.300. The normalized spacial score (nSPS) is 14.8. The Bertz CT molecular complexity index is 969. The van der Waals surface area contributed by atoms with Crippen LogP contribution in [0.4, 0.5) is 4.39 Å². The predicted octanol–water partition coefficient (Wildman–Crippen LogP) is 5.23. The minimum atomic E-state index is -0.358. The van der Waals surface area contributed by atoms with Crippen molar-refractivity contribution >= 4 is 11.6 Å². The molecular weight excluding hydrogens is 403 g/mol. The molecule has 4 rings (SSSR count). The average Bonchev–Trinajstić information content (AvgIpc) is 3.01. The molecule has 0 amide bonds. The molecule has 1 N–H and O–H groups in total. The van der Waals surface area contributed by atoms with Crippen molar-refractivity contribution in [3.05, 3.63) is 76.1 Å². The molecule has 1 aliphatic rings. The molecule has 5 nitrogen and oxygen atoms in total. The van der Waals surface area contributed by atoms with Gasteiger partial charge in [0, 0.05) is 25.1 Å². The molecule has 1 aliphatic heterocycles. The second kappa shape index (κ2) is 9.58. The summed E-state index contributed by atoms with van der Waals surface area (Å²) in [5, 5.41) is 12.7. The lowest BCUT2D eigenvalue weighted by atomic mass is 10.2. The molecule has 0 aliphatic carbocycles. The van der Waals surface area contributed by atoms with Crippen molar-refractivity contribution in [2.75, 3.05) is 0 Å². The number of nitrogens with zero attached hydrogens (tertiary/aromatic N) is 3. The molecule has 0 saturated heterocycles. The molecule has 7 heteroatoms. The van der Waals surface area contributed by atoms with Crippen molar-refractivity contribution in [1.29, 1.82) is 0 Å². The van der Waals surface area contributed by atoms with Crippen LogP contribution < -0.4 is 10.1 Å². The van der Waals surface area contributed by atoms with Gasteiger partial charge in [-0.15, -0.1) is 10.2 Å². The summed E-state index contributed by atoms with van der Waals surface area (Å²) in [6.45, 7) is 3.93. The Balaban J connectivity index is 1.32. The summed E-state index contributed by atoms with van der Waals surface area (Å²) in [5.74, 6) is 2.43. The number of aryl methyl sites for hydroxylation is 1. The van der Waals surface area contributed by atoms with E-state index in [1.54, 1.807) is 12.1 Å². The average molecular weight is 429 g/mol. The van der Waals surface area contributed by atoms with E-state index in [2.05, 4.69) is 27.0 Å². The molecule has 0 saturated carbocycles. The van der Waals surface area contributed by atoms with E-state index in [4.69, 9.17) is 16.3 Å². The third-order valence-corrected chi connectivity index (χ3v) is 5.86. The van der Waals surface area contributed by atoms with E-state index in [9.17, 15) is 4.39 Å². The van der Waals surface area contributed by atoms with Crippen LogP contribution in [0.15, 0.2) is 42.5 Å². The molecule has 0 fully saturated rings. The smallest absolute Gasteiger partial charge is 0.149 e. The molecule has 0 unspecified atom stereocenters. The zero-order valence-electron chi connectivity index (χ0n) is 17.1. The predicted molar refractivity (Wildman–Crippen MR) is 115 cm³/mol. The van der Waals surface area contributed by atoms with Gasteiger partial charge in [-0.3, -0.25) is 0 Å². The van der Waals surface area contributed by atoms with Crippen molar-refractivity contribution < 1.29 is 9.13 Å². The highest BCUT2D eigenvalue weighted by atomic mass is 35.5. The minimum Gasteiger partial charge on any atom is -0.489 e. The Morgan fingerprint density at radius 2 is 1.97 bits per heavy atom. The number of aromatic nitrogens is 3. The first-order valence-corrected chi connectivity index (χ1v) is 10.8. The van der Waals surface area contributed by atoms with Crippen molar-refractivity contribution in [3.8, 4) is 5.75 Å². The van der Waals surface area contributed by atoms with E-state index in [1.165, 1.54) is 25.3 Å². The molecule has 2 heterocycles. The van der Waals surface area contributed by atoms with Gasteiger partial charge in [-0.05, 0) is 49.6 Å². The zero-order chi connectivity index (χ0) is 20.9. The number of hydrogen-bond acceptors (Lipinski definition) is 4. The van der Waals surface area contributed by atoms with Gasteiger partial charge < -0.3 is 14.6 Å². The SMILES string of the molecule is C[C@@H](NCc1ccc(OCc2c(F)cccc2Cl)cc1)c1nnc2n1CCCCC2. The number of fused-ring (bicyclic) bond motifs is 1. The molecule has 3 aromatic rings. The van der Waals surface area contributed by atoms with Crippen LogP contribution in [0.2, 0.25) is 5.02 Å². The maximum Gasteiger partial charge on any atom is 0.149 e. The summed E-state index contributed by atoms with van der Waals surface area (Å²) in [5.41, 5.74) is 1.50. The van der Waals surface area contributed by atoms with E-state index in [-0.39, 0.29) is 18.5 Å². The minimum absolute atomic E-state index is 0.0954. The largest absolute Gasteiger partial charge is 0.489 e. The molecule has 2 aromatic carbocycles. The standard InChI is InChI=1S/C23H26ClFN4O/c1-16(23-28-27-22-8-3-2-4-13-29(22)23)26-14-17-9-11-18(12-10-17)30-15-19-20(24)6-5-7-21(19)25/h5-7,9-12,16,26H,2-4,8,13-15H2,1H3/t16-/m1/s1. The highest BCUT2D eigenvalue weighted by Gasteiger charge is 2.18. The molecule has 0 radical (unpaired) electrons. The first-order chi connectivity index (χ1) is 14.6. The molecule has 30 heavy (non-hydrogen) atoms. The summed E-state index contributed by atoms with van der Waals surface area (Å²) in [4.78, 5) is 0. The topological polar surface area (TPSA) is 52.0 Å². The van der Waals surface area contributed by atoms with E-state index < -0.39 is 0 Å². The number of halogens is 2. The van der Waals surface area contributed by atoms with Crippen LogP contribution in [-0.2, 0) is 26.1 Å². The van der Waals surface area contributed by atoms with Crippen molar-refractivity contribution in [2.24, 2.45) is 0 Å². The third-order valence-electron chi connectivity index (χ3n) is 5.51. The Labute approximate surface area is 181 Å². The van der Waals surface area contributed by atoms with Gasteiger partial charge in [0.15, 0.2) is 0 Å². The number of benzene rings is 2. The van der Waals surface area contributed by atoms with Gasteiger partial charge in [0.1, 0.15) is 29.8 Å². The van der Waals surface area contributed by atoms with Crippen molar-refractivity contribution in [2.45, 2.75) is 58.3 Å². The fourth-order valence-electron chi connectivity index (χ4n) is 3.72. The Morgan fingerprint density at radius 1 is 1.13 bits per heavy atom. The first kappa shape index (κ1) is 20.8. The van der Waals surface area contributed by atoms with Crippen LogP contribution in [0, 0.1) is 5.82 Å². The highest BCUT2D eigenvalue weighted by Crippen LogP contribution is 2.22. The third kappa shape index (κ3) is 4.82. The van der Waals surface area contributed by atoms with E-state index >= 15 is 0 Å². The monoisotopic (exact) mass is 428 g/mol. The summed E-state index contributed by atoms with van der Waals surface area (Å²) >= 11 is 6.05. The number of ether oxygens (including phenoxy) is 1. The van der Waals surface area contributed by atoms with E-state index in [0.29, 0.717) is 22.9 Å². The number of nitrogens with one attached hydrogen (secondary N) is 1. The van der Waals surface area contributed by atoms with E-state index in [1.807, 2.05) is 24.3 Å². The Hall–Kier alpha value is -2.44. The van der Waals surface area contributed by atoms with Crippen LogP contribution in [-0.4, -0.2) is 14.8 Å². The van der Waals surface area contributed by atoms with Crippen LogP contribution in [0.5, 0.6) is 5.75 Å². The first-order valence-electron chi connectivity index (χ1n) is 10.4. The fourth-order valence-corrected chi connectivity index (χ4v) is 3.94. The summed E-state index contributed by atoms with van der Waals surface area (Å²) in [6.07, 6.45) is 4.64. The van der Waals surface area contributed by atoms with Gasteiger partial charge in [0.05, 0.1) is 11.1 Å². The molecular formula is C23H26ClFN4O. The lowest BCUT2D eigenvalue weighted by Gasteiger charge is -2.15. The van der Waals surface area contributed by atoms with Gasteiger partial charge in [0.25, 0.3) is 0 Å². The molecule has 0 bridgehead atoms. The van der Waals surface area contributed by atoms with Crippen LogP contribution >= 0.6 is 11.6 Å². The number of rotatable bonds is 7. The maximum absolute atomic E-state index is 13.9. The Morgan fingerprint density at radius 3 is 2.77 bits per heavy atom. The lowest BCUT2D eigenvalue weighted by Crippen LogP contribution is -2.22.